The number of hydrogen-bond acceptors (Lipinski definition) is 5. The lowest BCUT2D eigenvalue weighted by Crippen LogP contribution is -2.53. The predicted molar refractivity (Wildman–Crippen MR) is 121 cm³/mol. The number of carbonyl (C=O) groups excluding carboxylic acids is 1. The number of pyridine rings is 1. The van der Waals surface area contributed by atoms with Gasteiger partial charge in [0.25, 0.3) is 5.91 Å². The van der Waals surface area contributed by atoms with Crippen LogP contribution < -0.4 is 10.1 Å². The van der Waals surface area contributed by atoms with Gasteiger partial charge in [0.05, 0.1) is 12.0 Å². The number of piperazine rings is 1. The molecule has 32 heavy (non-hydrogen) atoms. The van der Waals surface area contributed by atoms with E-state index in [2.05, 4.69) is 20.2 Å². The summed E-state index contributed by atoms with van der Waals surface area (Å²) in [4.78, 5) is 25.1. The first kappa shape index (κ1) is 21.4. The topological polar surface area (TPSA) is 83.2 Å². The van der Waals surface area contributed by atoms with Crippen LogP contribution >= 0.6 is 0 Å². The molecule has 8 heteroatoms. The van der Waals surface area contributed by atoms with E-state index in [1.54, 1.807) is 25.4 Å². The summed E-state index contributed by atoms with van der Waals surface area (Å²) >= 11 is 0. The lowest BCUT2D eigenvalue weighted by molar-refractivity contribution is 0.0657. The van der Waals surface area contributed by atoms with Gasteiger partial charge in [0.2, 0.25) is 0 Å². The Morgan fingerprint density at radius 1 is 1.09 bits per heavy atom. The molecule has 0 bridgehead atoms. The minimum absolute atomic E-state index is 0.0693. The molecule has 1 fully saturated rings. The van der Waals surface area contributed by atoms with Gasteiger partial charge >= 0.3 is 0 Å². The molecular weight excluding hydrogens is 406 g/mol. The number of guanidine groups is 1. The first-order chi connectivity index (χ1) is 15.7. The molecule has 0 unspecified atom stereocenters. The maximum absolute atomic E-state index is 12.4. The number of benzene rings is 1. The van der Waals surface area contributed by atoms with Crippen LogP contribution in [0.5, 0.6) is 5.75 Å². The van der Waals surface area contributed by atoms with E-state index < -0.39 is 0 Å². The van der Waals surface area contributed by atoms with Crippen LogP contribution in [0.1, 0.15) is 21.8 Å². The number of aliphatic imine (C=N–C) groups is 1. The Morgan fingerprint density at radius 3 is 2.66 bits per heavy atom. The molecule has 1 aliphatic heterocycles. The SMILES string of the molecule is CN=C(NCc1cccc(OCc2ccccn2)c1)N1CCN(C(=O)c2ccco2)CC1. The van der Waals surface area contributed by atoms with Crippen molar-refractivity contribution in [3.05, 3.63) is 84.1 Å². The predicted octanol–water partition coefficient (Wildman–Crippen LogP) is 2.79. The molecule has 1 saturated heterocycles. The third kappa shape index (κ3) is 5.46. The maximum Gasteiger partial charge on any atom is 0.289 e. The van der Waals surface area contributed by atoms with Crippen molar-refractivity contribution in [3.8, 4) is 5.75 Å². The van der Waals surface area contributed by atoms with Crippen molar-refractivity contribution in [2.45, 2.75) is 13.2 Å². The van der Waals surface area contributed by atoms with Gasteiger partial charge in [0.1, 0.15) is 12.4 Å². The molecule has 8 nitrogen and oxygen atoms in total. The molecule has 4 rings (SSSR count). The fourth-order valence-electron chi connectivity index (χ4n) is 3.58. The van der Waals surface area contributed by atoms with Gasteiger partial charge in [0, 0.05) is 46.0 Å². The molecule has 1 aliphatic rings. The summed E-state index contributed by atoms with van der Waals surface area (Å²) < 4.78 is 11.1. The summed E-state index contributed by atoms with van der Waals surface area (Å²) in [6.07, 6.45) is 3.28. The molecule has 1 N–H and O–H groups in total. The Balaban J connectivity index is 1.27. The molecule has 1 aromatic carbocycles. The summed E-state index contributed by atoms with van der Waals surface area (Å²) in [6.45, 7) is 3.71. The van der Waals surface area contributed by atoms with Gasteiger partial charge in [-0.25, -0.2) is 0 Å². The van der Waals surface area contributed by atoms with Crippen molar-refractivity contribution >= 4 is 11.9 Å². The van der Waals surface area contributed by atoms with E-state index in [1.807, 2.05) is 47.4 Å². The first-order valence-corrected chi connectivity index (χ1v) is 10.6. The minimum Gasteiger partial charge on any atom is -0.487 e. The van der Waals surface area contributed by atoms with Gasteiger partial charge in [-0.3, -0.25) is 14.8 Å². The van der Waals surface area contributed by atoms with E-state index in [4.69, 9.17) is 9.15 Å². The average Bonchev–Trinajstić information content (AvgIpc) is 3.39. The number of amides is 1. The van der Waals surface area contributed by atoms with Crippen LogP contribution in [-0.4, -0.2) is 59.9 Å². The number of rotatable bonds is 6. The lowest BCUT2D eigenvalue weighted by Gasteiger charge is -2.36. The van der Waals surface area contributed by atoms with E-state index >= 15 is 0 Å². The summed E-state index contributed by atoms with van der Waals surface area (Å²) in [6, 6.07) is 17.2. The number of aromatic nitrogens is 1. The molecule has 0 saturated carbocycles. The van der Waals surface area contributed by atoms with Crippen molar-refractivity contribution in [2.75, 3.05) is 33.2 Å². The van der Waals surface area contributed by atoms with Gasteiger partial charge in [0.15, 0.2) is 11.7 Å². The van der Waals surface area contributed by atoms with Crippen molar-refractivity contribution in [3.63, 3.8) is 0 Å². The van der Waals surface area contributed by atoms with Gasteiger partial charge in [-0.05, 0) is 42.0 Å². The number of ether oxygens (including phenoxy) is 1. The highest BCUT2D eigenvalue weighted by Crippen LogP contribution is 2.15. The van der Waals surface area contributed by atoms with E-state index in [0.717, 1.165) is 23.0 Å². The summed E-state index contributed by atoms with van der Waals surface area (Å²) in [7, 11) is 1.77. The van der Waals surface area contributed by atoms with Crippen LogP contribution in [0, 0.1) is 0 Å². The zero-order valence-electron chi connectivity index (χ0n) is 18.1. The van der Waals surface area contributed by atoms with Gasteiger partial charge in [-0.2, -0.15) is 0 Å². The highest BCUT2D eigenvalue weighted by Gasteiger charge is 2.25. The van der Waals surface area contributed by atoms with Crippen LogP contribution in [0.15, 0.2) is 76.5 Å². The largest absolute Gasteiger partial charge is 0.487 e. The average molecular weight is 434 g/mol. The molecular formula is C24H27N5O3. The summed E-state index contributed by atoms with van der Waals surface area (Å²) in [5, 5.41) is 3.41. The molecule has 0 spiro atoms. The van der Waals surface area contributed by atoms with Crippen molar-refractivity contribution < 1.29 is 13.9 Å². The Bertz CT molecular complexity index is 1030. The number of furan rings is 1. The number of nitrogens with one attached hydrogen (secondary N) is 1. The van der Waals surface area contributed by atoms with Crippen molar-refractivity contribution in [2.24, 2.45) is 4.99 Å². The van der Waals surface area contributed by atoms with Crippen molar-refractivity contribution in [1.82, 2.24) is 20.1 Å². The maximum atomic E-state index is 12.4. The third-order valence-corrected chi connectivity index (χ3v) is 5.27. The van der Waals surface area contributed by atoms with E-state index in [-0.39, 0.29) is 5.91 Å². The van der Waals surface area contributed by atoms with Crippen LogP contribution in [-0.2, 0) is 13.2 Å². The Kier molecular flexibility index (Phi) is 7.01. The summed E-state index contributed by atoms with van der Waals surface area (Å²) in [5.74, 6) is 1.93. The van der Waals surface area contributed by atoms with E-state index in [0.29, 0.717) is 45.1 Å². The monoisotopic (exact) mass is 433 g/mol. The molecule has 2 aromatic heterocycles. The number of nitrogens with zero attached hydrogens (tertiary/aromatic N) is 4. The van der Waals surface area contributed by atoms with Crippen molar-refractivity contribution in [1.29, 1.82) is 0 Å². The Hall–Kier alpha value is -3.81. The van der Waals surface area contributed by atoms with Gasteiger partial charge in [-0.15, -0.1) is 0 Å². The van der Waals surface area contributed by atoms with Crippen LogP contribution in [0.2, 0.25) is 0 Å². The lowest BCUT2D eigenvalue weighted by atomic mass is 10.2. The zero-order chi connectivity index (χ0) is 22.2. The molecule has 166 valence electrons. The fraction of sp³-hybridized carbons (Fsp3) is 0.292. The van der Waals surface area contributed by atoms with Gasteiger partial charge in [-0.1, -0.05) is 18.2 Å². The molecule has 3 heterocycles. The highest BCUT2D eigenvalue weighted by molar-refractivity contribution is 5.91. The van der Waals surface area contributed by atoms with Gasteiger partial charge < -0.3 is 24.3 Å². The smallest absolute Gasteiger partial charge is 0.289 e. The van der Waals surface area contributed by atoms with Crippen LogP contribution in [0.3, 0.4) is 0 Å². The van der Waals surface area contributed by atoms with Crippen LogP contribution in [0.25, 0.3) is 0 Å². The van der Waals surface area contributed by atoms with E-state index in [1.165, 1.54) is 6.26 Å². The normalized spacial score (nSPS) is 14.3. The Labute approximate surface area is 187 Å². The zero-order valence-corrected chi connectivity index (χ0v) is 18.1. The summed E-state index contributed by atoms with van der Waals surface area (Å²) in [5.41, 5.74) is 1.98. The minimum atomic E-state index is -0.0693. The van der Waals surface area contributed by atoms with Crippen LogP contribution in [0.4, 0.5) is 0 Å². The third-order valence-electron chi connectivity index (χ3n) is 5.27. The first-order valence-electron chi connectivity index (χ1n) is 10.6. The molecule has 0 atom stereocenters. The second-order valence-corrected chi connectivity index (χ2v) is 7.41. The molecule has 3 aromatic rings. The van der Waals surface area contributed by atoms with E-state index in [9.17, 15) is 4.79 Å². The second kappa shape index (κ2) is 10.5. The molecule has 0 aliphatic carbocycles. The second-order valence-electron chi connectivity index (χ2n) is 7.41. The fourth-order valence-corrected chi connectivity index (χ4v) is 3.58. The quantitative estimate of drug-likeness (QED) is 0.476. The molecule has 0 radical (unpaired) electrons. The highest BCUT2D eigenvalue weighted by atomic mass is 16.5. The number of carbonyl (C=O) groups is 1. The number of hydrogen-bond donors (Lipinski definition) is 1. The standard InChI is InChI=1S/C24H27N5O3/c1-25-24(29-13-11-28(12-14-29)23(30)22-9-5-15-31-22)27-17-19-6-4-8-21(16-19)32-18-20-7-2-3-10-26-20/h2-10,15-16H,11-14,17-18H2,1H3,(H,25,27). The molecule has 1 amide bonds. The Morgan fingerprint density at radius 2 is 1.94 bits per heavy atom.